The number of rotatable bonds is 7. The summed E-state index contributed by atoms with van der Waals surface area (Å²) in [5.74, 6) is 0.668. The van der Waals surface area contributed by atoms with Gasteiger partial charge >= 0.3 is 0 Å². The van der Waals surface area contributed by atoms with Crippen LogP contribution in [0.25, 0.3) is 0 Å². The van der Waals surface area contributed by atoms with Gasteiger partial charge in [0.25, 0.3) is 0 Å². The Labute approximate surface area is 134 Å². The first-order valence-electron chi connectivity index (χ1n) is 7.10. The molecule has 0 fully saturated rings. The zero-order valence-electron chi connectivity index (χ0n) is 13.1. The second-order valence-electron chi connectivity index (χ2n) is 4.79. The van der Waals surface area contributed by atoms with Gasteiger partial charge in [-0.3, -0.25) is 4.79 Å². The molecule has 2 rings (SSSR count). The van der Waals surface area contributed by atoms with Crippen molar-refractivity contribution in [2.45, 2.75) is 6.54 Å². The molecule has 0 unspecified atom stereocenters. The van der Waals surface area contributed by atoms with Gasteiger partial charge in [0.05, 0.1) is 26.5 Å². The van der Waals surface area contributed by atoms with Crippen LogP contribution in [0.3, 0.4) is 0 Å². The Morgan fingerprint density at radius 2 is 1.91 bits per heavy atom. The quantitative estimate of drug-likeness (QED) is 0.824. The summed E-state index contributed by atoms with van der Waals surface area (Å²) in [5.41, 5.74) is 1.09. The molecule has 1 amide bonds. The van der Waals surface area contributed by atoms with Gasteiger partial charge in [-0.25, -0.2) is 4.39 Å². The van der Waals surface area contributed by atoms with Gasteiger partial charge in [-0.15, -0.1) is 0 Å². The Bertz CT molecular complexity index is 677. The Morgan fingerprint density at radius 3 is 2.61 bits per heavy atom. The van der Waals surface area contributed by atoms with Crippen molar-refractivity contribution in [3.05, 3.63) is 53.8 Å². The van der Waals surface area contributed by atoms with Gasteiger partial charge in [-0.1, -0.05) is 18.2 Å². The van der Waals surface area contributed by atoms with E-state index in [1.807, 2.05) is 0 Å². The smallest absolute Gasteiger partial charge is 0.239 e. The molecule has 0 aliphatic heterocycles. The number of hydrogen-bond donors (Lipinski definition) is 2. The second kappa shape index (κ2) is 8.03. The average molecular weight is 318 g/mol. The zero-order chi connectivity index (χ0) is 16.7. The van der Waals surface area contributed by atoms with E-state index in [9.17, 15) is 9.18 Å². The number of carbonyl (C=O) groups excluding carboxylic acids is 1. The highest BCUT2D eigenvalue weighted by molar-refractivity contribution is 5.81. The topological polar surface area (TPSA) is 59.6 Å². The van der Waals surface area contributed by atoms with E-state index < -0.39 is 0 Å². The maximum Gasteiger partial charge on any atom is 0.239 e. The fraction of sp³-hybridized carbons (Fsp3) is 0.235. The minimum absolute atomic E-state index is 0.0397. The molecule has 2 aromatic carbocycles. The van der Waals surface area contributed by atoms with Crippen molar-refractivity contribution < 1.29 is 18.7 Å². The number of amides is 1. The average Bonchev–Trinajstić information content (AvgIpc) is 2.58. The van der Waals surface area contributed by atoms with E-state index in [1.165, 1.54) is 6.07 Å². The fourth-order valence-corrected chi connectivity index (χ4v) is 2.03. The van der Waals surface area contributed by atoms with Crippen LogP contribution in [-0.4, -0.2) is 26.7 Å². The number of benzene rings is 2. The number of hydrogen-bond acceptors (Lipinski definition) is 4. The van der Waals surface area contributed by atoms with Crippen LogP contribution >= 0.6 is 0 Å². The van der Waals surface area contributed by atoms with Crippen LogP contribution < -0.4 is 20.1 Å². The standard InChI is InChI=1S/C17H19FN2O3/c1-22-13-7-8-16(23-2)15(9-13)19-11-17(21)20-10-12-5-3-4-6-14(12)18/h3-9,19H,10-11H2,1-2H3,(H,20,21). The molecule has 0 aliphatic rings. The number of halogens is 1. The Hall–Kier alpha value is -2.76. The van der Waals surface area contributed by atoms with Crippen LogP contribution in [0, 0.1) is 5.82 Å². The molecule has 0 radical (unpaired) electrons. The number of nitrogens with one attached hydrogen (secondary N) is 2. The van der Waals surface area contributed by atoms with Crippen LogP contribution in [0.1, 0.15) is 5.56 Å². The number of carbonyl (C=O) groups is 1. The molecule has 0 aliphatic carbocycles. The molecule has 0 saturated heterocycles. The van der Waals surface area contributed by atoms with Crippen LogP contribution in [0.15, 0.2) is 42.5 Å². The van der Waals surface area contributed by atoms with E-state index in [4.69, 9.17) is 9.47 Å². The first kappa shape index (κ1) is 16.6. The lowest BCUT2D eigenvalue weighted by molar-refractivity contribution is -0.119. The van der Waals surface area contributed by atoms with Crippen molar-refractivity contribution in [1.82, 2.24) is 5.32 Å². The second-order valence-corrected chi connectivity index (χ2v) is 4.79. The first-order chi connectivity index (χ1) is 11.1. The summed E-state index contributed by atoms with van der Waals surface area (Å²) in [6, 6.07) is 11.6. The van der Waals surface area contributed by atoms with Crippen molar-refractivity contribution in [1.29, 1.82) is 0 Å². The molecule has 0 aromatic heterocycles. The van der Waals surface area contributed by atoms with Gasteiger partial charge in [0.1, 0.15) is 17.3 Å². The third-order valence-corrected chi connectivity index (χ3v) is 3.28. The lowest BCUT2D eigenvalue weighted by Crippen LogP contribution is -2.29. The van der Waals surface area contributed by atoms with Crippen molar-refractivity contribution in [3.63, 3.8) is 0 Å². The van der Waals surface area contributed by atoms with Crippen LogP contribution in [0.4, 0.5) is 10.1 Å². The van der Waals surface area contributed by atoms with Gasteiger partial charge in [0.2, 0.25) is 5.91 Å². The molecular formula is C17H19FN2O3. The molecule has 5 nitrogen and oxygen atoms in total. The van der Waals surface area contributed by atoms with Gasteiger partial charge < -0.3 is 20.1 Å². The van der Waals surface area contributed by atoms with Crippen LogP contribution in [0.5, 0.6) is 11.5 Å². The monoisotopic (exact) mass is 318 g/mol. The highest BCUT2D eigenvalue weighted by Crippen LogP contribution is 2.28. The molecular weight excluding hydrogens is 299 g/mol. The fourth-order valence-electron chi connectivity index (χ4n) is 2.03. The summed E-state index contributed by atoms with van der Waals surface area (Å²) in [4.78, 5) is 11.9. The lowest BCUT2D eigenvalue weighted by atomic mass is 10.2. The lowest BCUT2D eigenvalue weighted by Gasteiger charge is -2.13. The van der Waals surface area contributed by atoms with Crippen LogP contribution in [-0.2, 0) is 11.3 Å². The van der Waals surface area contributed by atoms with E-state index in [0.717, 1.165) is 0 Å². The summed E-state index contributed by atoms with van der Waals surface area (Å²) in [6.45, 7) is 0.181. The van der Waals surface area contributed by atoms with Gasteiger partial charge in [-0.05, 0) is 18.2 Å². The molecule has 0 atom stereocenters. The number of anilines is 1. The van der Waals surface area contributed by atoms with Crippen molar-refractivity contribution in [3.8, 4) is 11.5 Å². The number of ether oxygens (including phenoxy) is 2. The summed E-state index contributed by atoms with van der Waals surface area (Å²) < 4.78 is 23.8. The van der Waals surface area contributed by atoms with Crippen LogP contribution in [0.2, 0.25) is 0 Å². The summed E-state index contributed by atoms with van der Waals surface area (Å²) in [5, 5.41) is 5.64. The van der Waals surface area contributed by atoms with Gasteiger partial charge in [0.15, 0.2) is 0 Å². The molecule has 0 heterocycles. The minimum Gasteiger partial charge on any atom is -0.497 e. The first-order valence-corrected chi connectivity index (χ1v) is 7.10. The Morgan fingerprint density at radius 1 is 1.13 bits per heavy atom. The molecule has 122 valence electrons. The largest absolute Gasteiger partial charge is 0.497 e. The molecule has 2 N–H and O–H groups in total. The molecule has 0 bridgehead atoms. The Kier molecular flexibility index (Phi) is 5.80. The van der Waals surface area contributed by atoms with Crippen molar-refractivity contribution >= 4 is 11.6 Å². The summed E-state index contributed by atoms with van der Waals surface area (Å²) >= 11 is 0. The zero-order valence-corrected chi connectivity index (χ0v) is 13.1. The number of methoxy groups -OCH3 is 2. The maximum absolute atomic E-state index is 13.5. The van der Waals surface area contributed by atoms with E-state index in [0.29, 0.717) is 22.7 Å². The minimum atomic E-state index is -0.338. The van der Waals surface area contributed by atoms with Crippen molar-refractivity contribution in [2.24, 2.45) is 0 Å². The predicted molar refractivity (Wildman–Crippen MR) is 86.3 cm³/mol. The molecule has 6 heteroatoms. The Balaban J connectivity index is 1.90. The predicted octanol–water partition coefficient (Wildman–Crippen LogP) is 2.57. The molecule has 0 saturated carbocycles. The normalized spacial score (nSPS) is 10.0. The van der Waals surface area contributed by atoms with Crippen molar-refractivity contribution in [2.75, 3.05) is 26.1 Å². The third kappa shape index (κ3) is 4.60. The highest BCUT2D eigenvalue weighted by atomic mass is 19.1. The highest BCUT2D eigenvalue weighted by Gasteiger charge is 2.08. The van der Waals surface area contributed by atoms with Gasteiger partial charge in [-0.2, -0.15) is 0 Å². The third-order valence-electron chi connectivity index (χ3n) is 3.28. The van der Waals surface area contributed by atoms with E-state index in [-0.39, 0.29) is 24.8 Å². The van der Waals surface area contributed by atoms with E-state index in [2.05, 4.69) is 10.6 Å². The molecule has 2 aromatic rings. The summed E-state index contributed by atoms with van der Waals surface area (Å²) in [6.07, 6.45) is 0. The maximum atomic E-state index is 13.5. The van der Waals surface area contributed by atoms with E-state index in [1.54, 1.807) is 50.6 Å². The van der Waals surface area contributed by atoms with E-state index >= 15 is 0 Å². The SMILES string of the molecule is COc1ccc(OC)c(NCC(=O)NCc2ccccc2F)c1. The molecule has 0 spiro atoms. The summed E-state index contributed by atoms with van der Waals surface area (Å²) in [7, 11) is 3.11. The van der Waals surface area contributed by atoms with Gasteiger partial charge in [0, 0.05) is 18.2 Å². The molecule has 23 heavy (non-hydrogen) atoms.